The van der Waals surface area contributed by atoms with Gasteiger partial charge in [0.2, 0.25) is 0 Å². The van der Waals surface area contributed by atoms with Crippen molar-refractivity contribution in [3.63, 3.8) is 0 Å². The Balaban J connectivity index is 2.40. The van der Waals surface area contributed by atoms with E-state index < -0.39 is 0 Å². The predicted octanol–water partition coefficient (Wildman–Crippen LogP) is 2.86. The van der Waals surface area contributed by atoms with E-state index in [0.29, 0.717) is 12.4 Å². The van der Waals surface area contributed by atoms with E-state index in [2.05, 4.69) is 15.3 Å². The largest absolute Gasteiger partial charge is 0.377 e. The van der Waals surface area contributed by atoms with Gasteiger partial charge in [0.15, 0.2) is 5.82 Å². The van der Waals surface area contributed by atoms with Crippen LogP contribution in [0.2, 0.25) is 0 Å². The third-order valence-electron chi connectivity index (χ3n) is 2.54. The summed E-state index contributed by atoms with van der Waals surface area (Å²) in [5.74, 6) is 1.07. The maximum atomic E-state index is 12.9. The van der Waals surface area contributed by atoms with Gasteiger partial charge in [-0.15, -0.1) is 0 Å². The summed E-state index contributed by atoms with van der Waals surface area (Å²) in [6.45, 7) is 3.11. The molecule has 0 aliphatic carbocycles. The minimum absolute atomic E-state index is 0.262. The molecule has 0 radical (unpaired) electrons. The van der Waals surface area contributed by atoms with Gasteiger partial charge in [0, 0.05) is 25.3 Å². The summed E-state index contributed by atoms with van der Waals surface area (Å²) in [4.78, 5) is 8.74. The Morgan fingerprint density at radius 1 is 1.21 bits per heavy atom. The van der Waals surface area contributed by atoms with Crippen molar-refractivity contribution in [3.05, 3.63) is 42.0 Å². The van der Waals surface area contributed by atoms with E-state index in [-0.39, 0.29) is 5.82 Å². The van der Waals surface area contributed by atoms with E-state index in [0.717, 1.165) is 23.6 Å². The van der Waals surface area contributed by atoms with E-state index in [1.807, 2.05) is 13.0 Å². The number of hydrogen-bond donors (Lipinski definition) is 1. The zero-order chi connectivity index (χ0) is 13.7. The molecule has 0 amide bonds. The first kappa shape index (κ1) is 13.4. The smallest absolute Gasteiger partial charge is 0.157 e. The van der Waals surface area contributed by atoms with Crippen molar-refractivity contribution in [2.45, 2.75) is 13.5 Å². The molecule has 4 nitrogen and oxygen atoms in total. The van der Waals surface area contributed by atoms with Crippen molar-refractivity contribution in [3.8, 4) is 11.3 Å². The monoisotopic (exact) mass is 261 g/mol. The van der Waals surface area contributed by atoms with Crippen molar-refractivity contribution >= 4 is 5.82 Å². The minimum atomic E-state index is -0.262. The fourth-order valence-electron chi connectivity index (χ4n) is 1.73. The molecular weight excluding hydrogens is 245 g/mol. The molecule has 2 rings (SSSR count). The van der Waals surface area contributed by atoms with Crippen LogP contribution in [0, 0.1) is 5.82 Å². The van der Waals surface area contributed by atoms with E-state index in [1.165, 1.54) is 12.1 Å². The summed E-state index contributed by atoms with van der Waals surface area (Å²) in [5.41, 5.74) is 1.60. The lowest BCUT2D eigenvalue weighted by atomic mass is 10.1. The first-order chi connectivity index (χ1) is 9.22. The van der Waals surface area contributed by atoms with Gasteiger partial charge in [-0.1, -0.05) is 0 Å². The molecule has 0 saturated carbocycles. The number of hydrogen-bond acceptors (Lipinski definition) is 4. The molecule has 19 heavy (non-hydrogen) atoms. The zero-order valence-electron chi connectivity index (χ0n) is 11.0. The molecule has 1 aromatic heterocycles. The molecule has 0 aliphatic rings. The predicted molar refractivity (Wildman–Crippen MR) is 72.3 cm³/mol. The van der Waals surface area contributed by atoms with E-state index in [9.17, 15) is 4.39 Å². The fraction of sp³-hybridized carbons (Fsp3) is 0.286. The Labute approximate surface area is 111 Å². The number of methoxy groups -OCH3 is 1. The highest BCUT2D eigenvalue weighted by Crippen LogP contribution is 2.20. The van der Waals surface area contributed by atoms with Gasteiger partial charge in [0.25, 0.3) is 0 Å². The van der Waals surface area contributed by atoms with Crippen LogP contribution in [-0.2, 0) is 11.3 Å². The zero-order valence-corrected chi connectivity index (χ0v) is 11.0. The molecule has 2 aromatic rings. The Morgan fingerprint density at radius 2 is 1.95 bits per heavy atom. The standard InChI is InChI=1S/C14H16FN3O/c1-3-16-13-8-12(17-14(18-13)9-19-2)10-4-6-11(15)7-5-10/h4-8H,3,9H2,1-2H3,(H,16,17,18). The fourth-order valence-corrected chi connectivity index (χ4v) is 1.73. The molecule has 0 unspecified atom stereocenters. The summed E-state index contributed by atoms with van der Waals surface area (Å²) in [6.07, 6.45) is 0. The maximum Gasteiger partial charge on any atom is 0.157 e. The second-order valence-corrected chi connectivity index (χ2v) is 4.02. The van der Waals surface area contributed by atoms with Crippen LogP contribution in [0.5, 0.6) is 0 Å². The normalized spacial score (nSPS) is 10.5. The lowest BCUT2D eigenvalue weighted by Crippen LogP contribution is -2.05. The Morgan fingerprint density at radius 3 is 2.58 bits per heavy atom. The molecule has 0 aliphatic heterocycles. The molecule has 0 fully saturated rings. The number of rotatable bonds is 5. The molecule has 1 heterocycles. The highest BCUT2D eigenvalue weighted by Gasteiger charge is 2.06. The van der Waals surface area contributed by atoms with Gasteiger partial charge in [-0.3, -0.25) is 0 Å². The number of halogens is 1. The molecule has 0 spiro atoms. The Bertz CT molecular complexity index is 519. The molecular formula is C14H16FN3O. The van der Waals surface area contributed by atoms with Crippen molar-refractivity contribution < 1.29 is 9.13 Å². The lowest BCUT2D eigenvalue weighted by molar-refractivity contribution is 0.178. The summed E-state index contributed by atoms with van der Waals surface area (Å²) in [5, 5.41) is 3.15. The summed E-state index contributed by atoms with van der Waals surface area (Å²) in [7, 11) is 1.60. The van der Waals surface area contributed by atoms with E-state index in [4.69, 9.17) is 4.74 Å². The second-order valence-electron chi connectivity index (χ2n) is 4.02. The van der Waals surface area contributed by atoms with Gasteiger partial charge in [-0.25, -0.2) is 14.4 Å². The van der Waals surface area contributed by atoms with Crippen LogP contribution in [0.3, 0.4) is 0 Å². The van der Waals surface area contributed by atoms with Gasteiger partial charge < -0.3 is 10.1 Å². The minimum Gasteiger partial charge on any atom is -0.377 e. The first-order valence-corrected chi connectivity index (χ1v) is 6.09. The number of benzene rings is 1. The average molecular weight is 261 g/mol. The van der Waals surface area contributed by atoms with Crippen molar-refractivity contribution in [2.75, 3.05) is 19.0 Å². The third-order valence-corrected chi connectivity index (χ3v) is 2.54. The molecule has 5 heteroatoms. The number of aromatic nitrogens is 2. The number of anilines is 1. The first-order valence-electron chi connectivity index (χ1n) is 6.09. The number of ether oxygens (including phenoxy) is 1. The molecule has 1 N–H and O–H groups in total. The van der Waals surface area contributed by atoms with Gasteiger partial charge in [-0.2, -0.15) is 0 Å². The SMILES string of the molecule is CCNc1cc(-c2ccc(F)cc2)nc(COC)n1. The molecule has 0 saturated heterocycles. The van der Waals surface area contributed by atoms with Crippen molar-refractivity contribution in [1.29, 1.82) is 0 Å². The lowest BCUT2D eigenvalue weighted by Gasteiger charge is -2.08. The molecule has 0 atom stereocenters. The van der Waals surface area contributed by atoms with Crippen molar-refractivity contribution in [2.24, 2.45) is 0 Å². The Hall–Kier alpha value is -2.01. The van der Waals surface area contributed by atoms with Crippen LogP contribution < -0.4 is 5.32 Å². The van der Waals surface area contributed by atoms with Crippen molar-refractivity contribution in [1.82, 2.24) is 9.97 Å². The molecule has 0 bridgehead atoms. The van der Waals surface area contributed by atoms with Crippen LogP contribution in [-0.4, -0.2) is 23.6 Å². The number of nitrogens with one attached hydrogen (secondary N) is 1. The van der Waals surface area contributed by atoms with Gasteiger partial charge in [0.05, 0.1) is 5.69 Å². The summed E-state index contributed by atoms with van der Waals surface area (Å²) < 4.78 is 18.0. The van der Waals surface area contributed by atoms with Crippen LogP contribution >= 0.6 is 0 Å². The maximum absolute atomic E-state index is 12.9. The van der Waals surface area contributed by atoms with Crippen LogP contribution in [0.15, 0.2) is 30.3 Å². The van der Waals surface area contributed by atoms with Gasteiger partial charge in [-0.05, 0) is 31.2 Å². The van der Waals surface area contributed by atoms with Crippen LogP contribution in [0.1, 0.15) is 12.7 Å². The van der Waals surface area contributed by atoms with Crippen LogP contribution in [0.25, 0.3) is 11.3 Å². The van der Waals surface area contributed by atoms with Crippen LogP contribution in [0.4, 0.5) is 10.2 Å². The number of nitrogens with zero attached hydrogens (tertiary/aromatic N) is 2. The second kappa shape index (κ2) is 6.24. The third kappa shape index (κ3) is 3.48. The summed E-state index contributed by atoms with van der Waals surface area (Å²) >= 11 is 0. The molecule has 1 aromatic carbocycles. The van der Waals surface area contributed by atoms with E-state index >= 15 is 0 Å². The van der Waals surface area contributed by atoms with Gasteiger partial charge in [0.1, 0.15) is 18.2 Å². The highest BCUT2D eigenvalue weighted by molar-refractivity contribution is 5.62. The van der Waals surface area contributed by atoms with E-state index in [1.54, 1.807) is 19.2 Å². The quantitative estimate of drug-likeness (QED) is 0.899. The average Bonchev–Trinajstić information content (AvgIpc) is 2.40. The van der Waals surface area contributed by atoms with Gasteiger partial charge >= 0.3 is 0 Å². The Kier molecular flexibility index (Phi) is 4.41. The highest BCUT2D eigenvalue weighted by atomic mass is 19.1. The molecule has 100 valence electrons. The topological polar surface area (TPSA) is 47.0 Å². The summed E-state index contributed by atoms with van der Waals surface area (Å²) in [6, 6.07) is 8.07.